The van der Waals surface area contributed by atoms with Crippen molar-refractivity contribution in [2.24, 2.45) is 0 Å². The third kappa shape index (κ3) is 5.19. The van der Waals surface area contributed by atoms with E-state index >= 15 is 0 Å². The second kappa shape index (κ2) is 7.87. The molecule has 0 saturated carbocycles. The molecule has 0 aliphatic heterocycles. The van der Waals surface area contributed by atoms with Crippen LogP contribution >= 0.6 is 11.6 Å². The van der Waals surface area contributed by atoms with Crippen LogP contribution in [0, 0.1) is 0 Å². The van der Waals surface area contributed by atoms with Gasteiger partial charge in [-0.25, -0.2) is 4.79 Å². The van der Waals surface area contributed by atoms with Crippen LogP contribution in [0.4, 0.5) is 0 Å². The lowest BCUT2D eigenvalue weighted by molar-refractivity contribution is -0.144. The monoisotopic (exact) mass is 298 g/mol. The summed E-state index contributed by atoms with van der Waals surface area (Å²) in [5.41, 5.74) is 1.04. The number of amides is 1. The van der Waals surface area contributed by atoms with Gasteiger partial charge in [0.15, 0.2) is 0 Å². The van der Waals surface area contributed by atoms with Gasteiger partial charge in [0.2, 0.25) is 5.91 Å². The summed E-state index contributed by atoms with van der Waals surface area (Å²) >= 11 is 5.83. The molecule has 0 aromatic heterocycles. The van der Waals surface area contributed by atoms with Gasteiger partial charge in [-0.2, -0.15) is 0 Å². The third-order valence-corrected chi connectivity index (χ3v) is 3.11. The van der Waals surface area contributed by atoms with Gasteiger partial charge in [0.25, 0.3) is 0 Å². The van der Waals surface area contributed by atoms with Crippen LogP contribution in [0.5, 0.6) is 0 Å². The fourth-order valence-corrected chi connectivity index (χ4v) is 1.87. The van der Waals surface area contributed by atoms with Crippen molar-refractivity contribution in [3.8, 4) is 0 Å². The van der Waals surface area contributed by atoms with Gasteiger partial charge in [-0.05, 0) is 24.6 Å². The number of esters is 1. The number of hydrogen-bond donors (Lipinski definition) is 2. The van der Waals surface area contributed by atoms with E-state index in [1.807, 2.05) is 19.1 Å². The first-order valence-corrected chi connectivity index (χ1v) is 6.65. The van der Waals surface area contributed by atoms with Crippen LogP contribution in [-0.4, -0.2) is 31.6 Å². The maximum Gasteiger partial charge on any atom is 0.329 e. The molecule has 6 heteroatoms. The Kier molecular flexibility index (Phi) is 6.48. The van der Waals surface area contributed by atoms with Gasteiger partial charge in [-0.3, -0.25) is 4.79 Å². The Morgan fingerprint density at radius 3 is 2.40 bits per heavy atom. The Hall–Kier alpha value is -1.59. The van der Waals surface area contributed by atoms with Gasteiger partial charge >= 0.3 is 5.97 Å². The molecule has 110 valence electrons. The van der Waals surface area contributed by atoms with E-state index in [1.165, 1.54) is 14.0 Å². The van der Waals surface area contributed by atoms with Gasteiger partial charge < -0.3 is 15.4 Å². The minimum absolute atomic E-state index is 0.0215. The molecule has 1 amide bonds. The Labute approximate surface area is 123 Å². The molecule has 0 bridgehead atoms. The number of methoxy groups -OCH3 is 1. The summed E-state index contributed by atoms with van der Waals surface area (Å²) < 4.78 is 4.66. The van der Waals surface area contributed by atoms with E-state index in [0.29, 0.717) is 5.02 Å². The van der Waals surface area contributed by atoms with Crippen molar-refractivity contribution in [1.82, 2.24) is 10.6 Å². The fourth-order valence-electron chi connectivity index (χ4n) is 1.74. The van der Waals surface area contributed by atoms with Crippen molar-refractivity contribution in [2.45, 2.75) is 25.9 Å². The maximum absolute atomic E-state index is 11.5. The fraction of sp³-hybridized carbons (Fsp3) is 0.429. The molecule has 2 atom stereocenters. The molecule has 0 spiro atoms. The molecule has 0 aliphatic rings. The molecule has 2 N–H and O–H groups in total. The van der Waals surface area contributed by atoms with Crippen molar-refractivity contribution in [3.63, 3.8) is 0 Å². The van der Waals surface area contributed by atoms with Crippen LogP contribution in [0.1, 0.15) is 25.5 Å². The Morgan fingerprint density at radius 2 is 1.90 bits per heavy atom. The summed E-state index contributed by atoms with van der Waals surface area (Å²) in [5.74, 6) is -0.752. The lowest BCUT2D eigenvalue weighted by Crippen LogP contribution is -2.47. The van der Waals surface area contributed by atoms with Crippen LogP contribution in [0.25, 0.3) is 0 Å². The number of hydrogen-bond acceptors (Lipinski definition) is 4. The molecule has 1 rings (SSSR count). The second-order valence-corrected chi connectivity index (χ2v) is 4.89. The molecular weight excluding hydrogens is 280 g/mol. The lowest BCUT2D eigenvalue weighted by atomic mass is 10.1. The number of ether oxygens (including phenoxy) is 1. The standard InChI is InChI=1S/C14H19ClN2O3/c1-9(11-4-6-12(15)7-5-11)16-8-13(14(19)20-3)17-10(2)18/h4-7,9,13,16H,8H2,1-3H3,(H,17,18)/t9-,13?/m0/s1. The molecule has 0 radical (unpaired) electrons. The van der Waals surface area contributed by atoms with E-state index in [4.69, 9.17) is 11.6 Å². The molecule has 0 fully saturated rings. The van der Waals surface area contributed by atoms with E-state index < -0.39 is 12.0 Å². The van der Waals surface area contributed by atoms with Gasteiger partial charge in [0.05, 0.1) is 7.11 Å². The smallest absolute Gasteiger partial charge is 0.329 e. The van der Waals surface area contributed by atoms with E-state index in [-0.39, 0.29) is 18.5 Å². The zero-order valence-corrected chi connectivity index (χ0v) is 12.5. The van der Waals surface area contributed by atoms with Crippen molar-refractivity contribution in [1.29, 1.82) is 0 Å². The van der Waals surface area contributed by atoms with E-state index in [0.717, 1.165) is 5.56 Å². The predicted octanol–water partition coefficient (Wildman–Crippen LogP) is 1.67. The van der Waals surface area contributed by atoms with Crippen molar-refractivity contribution in [3.05, 3.63) is 34.9 Å². The number of benzene rings is 1. The highest BCUT2D eigenvalue weighted by Gasteiger charge is 2.20. The number of rotatable bonds is 6. The summed E-state index contributed by atoms with van der Waals surface area (Å²) in [5, 5.41) is 6.40. The Morgan fingerprint density at radius 1 is 1.30 bits per heavy atom. The summed E-state index contributed by atoms with van der Waals surface area (Å²) in [6, 6.07) is 6.75. The van der Waals surface area contributed by atoms with Gasteiger partial charge in [0.1, 0.15) is 6.04 Å². The average Bonchev–Trinajstić information content (AvgIpc) is 2.42. The third-order valence-electron chi connectivity index (χ3n) is 2.86. The zero-order chi connectivity index (χ0) is 15.1. The summed E-state index contributed by atoms with van der Waals surface area (Å²) in [6.45, 7) is 3.61. The van der Waals surface area contributed by atoms with Crippen LogP contribution in [-0.2, 0) is 14.3 Å². The van der Waals surface area contributed by atoms with Crippen LogP contribution in [0.3, 0.4) is 0 Å². The highest BCUT2D eigenvalue weighted by Crippen LogP contribution is 2.15. The first-order valence-electron chi connectivity index (χ1n) is 6.27. The summed E-state index contributed by atoms with van der Waals surface area (Å²) in [7, 11) is 1.29. The van der Waals surface area contributed by atoms with Gasteiger partial charge in [0, 0.05) is 24.5 Å². The van der Waals surface area contributed by atoms with Crippen LogP contribution in [0.15, 0.2) is 24.3 Å². The zero-order valence-electron chi connectivity index (χ0n) is 11.8. The average molecular weight is 299 g/mol. The largest absolute Gasteiger partial charge is 0.467 e. The molecule has 1 aromatic carbocycles. The normalized spacial score (nSPS) is 13.4. The Balaban J connectivity index is 2.59. The highest BCUT2D eigenvalue weighted by molar-refractivity contribution is 6.30. The SMILES string of the molecule is COC(=O)C(CN[C@@H](C)c1ccc(Cl)cc1)NC(C)=O. The Bertz CT molecular complexity index is 462. The number of nitrogens with one attached hydrogen (secondary N) is 2. The van der Waals surface area contributed by atoms with Gasteiger partial charge in [-0.15, -0.1) is 0 Å². The number of halogens is 1. The number of carbonyl (C=O) groups is 2. The van der Waals surface area contributed by atoms with E-state index in [2.05, 4.69) is 15.4 Å². The molecule has 20 heavy (non-hydrogen) atoms. The van der Waals surface area contributed by atoms with Crippen molar-refractivity contribution in [2.75, 3.05) is 13.7 Å². The maximum atomic E-state index is 11.5. The molecule has 5 nitrogen and oxygen atoms in total. The van der Waals surface area contributed by atoms with E-state index in [9.17, 15) is 9.59 Å². The topological polar surface area (TPSA) is 67.4 Å². The second-order valence-electron chi connectivity index (χ2n) is 4.46. The predicted molar refractivity (Wildman–Crippen MR) is 77.5 cm³/mol. The highest BCUT2D eigenvalue weighted by atomic mass is 35.5. The summed E-state index contributed by atoms with van der Waals surface area (Å²) in [6.07, 6.45) is 0. The van der Waals surface area contributed by atoms with Gasteiger partial charge in [-0.1, -0.05) is 23.7 Å². The lowest BCUT2D eigenvalue weighted by Gasteiger charge is -2.20. The van der Waals surface area contributed by atoms with Crippen LogP contribution < -0.4 is 10.6 Å². The van der Waals surface area contributed by atoms with E-state index in [1.54, 1.807) is 12.1 Å². The van der Waals surface area contributed by atoms with Crippen molar-refractivity contribution >= 4 is 23.5 Å². The van der Waals surface area contributed by atoms with Crippen molar-refractivity contribution < 1.29 is 14.3 Å². The molecule has 0 heterocycles. The molecule has 1 aromatic rings. The minimum Gasteiger partial charge on any atom is -0.467 e. The molecular formula is C14H19ClN2O3. The molecule has 0 aliphatic carbocycles. The summed E-state index contributed by atoms with van der Waals surface area (Å²) in [4.78, 5) is 22.6. The minimum atomic E-state index is -0.702. The van der Waals surface area contributed by atoms with Crippen LogP contribution in [0.2, 0.25) is 5.02 Å². The first kappa shape index (κ1) is 16.5. The number of carbonyl (C=O) groups excluding carboxylic acids is 2. The molecule has 1 unspecified atom stereocenters. The quantitative estimate of drug-likeness (QED) is 0.784. The molecule has 0 saturated heterocycles. The first-order chi connectivity index (χ1) is 9.43.